The molecule has 116 valence electrons. The van der Waals surface area contributed by atoms with Gasteiger partial charge in [-0.05, 0) is 36.8 Å². The fourth-order valence-electron chi connectivity index (χ4n) is 2.40. The summed E-state index contributed by atoms with van der Waals surface area (Å²) in [6.45, 7) is 11.2. The summed E-state index contributed by atoms with van der Waals surface area (Å²) in [5, 5.41) is 0. The number of aromatic nitrogens is 1. The lowest BCUT2D eigenvalue weighted by Crippen LogP contribution is -2.28. The van der Waals surface area contributed by atoms with E-state index in [1.54, 1.807) is 11.3 Å². The van der Waals surface area contributed by atoms with E-state index in [4.69, 9.17) is 5.73 Å². The average Bonchev–Trinajstić information content (AvgIpc) is 2.89. The molecule has 0 saturated heterocycles. The smallest absolute Gasteiger partial charge is 0.106 e. The Hall–Kier alpha value is -1.29. The van der Waals surface area contributed by atoms with Crippen LogP contribution in [0, 0.1) is 11.8 Å². The van der Waals surface area contributed by atoms with Gasteiger partial charge in [-0.25, -0.2) is 4.98 Å². The summed E-state index contributed by atoms with van der Waals surface area (Å²) in [4.78, 5) is 6.86. The molecular weight excluding hydrogens is 278 g/mol. The van der Waals surface area contributed by atoms with Crippen molar-refractivity contribution in [2.24, 2.45) is 11.8 Å². The van der Waals surface area contributed by atoms with Crippen LogP contribution in [0.25, 0.3) is 10.2 Å². The van der Waals surface area contributed by atoms with Gasteiger partial charge in [0, 0.05) is 13.1 Å². The van der Waals surface area contributed by atoms with Gasteiger partial charge in [0.1, 0.15) is 5.52 Å². The molecule has 0 amide bonds. The van der Waals surface area contributed by atoms with Crippen LogP contribution in [-0.2, 0) is 0 Å². The Bertz CT molecular complexity index is 562. The molecule has 1 aromatic carbocycles. The number of hydrogen-bond donors (Lipinski definition) is 1. The van der Waals surface area contributed by atoms with Gasteiger partial charge in [0.15, 0.2) is 0 Å². The highest BCUT2D eigenvalue weighted by Gasteiger charge is 2.14. The van der Waals surface area contributed by atoms with Crippen molar-refractivity contribution >= 4 is 32.9 Å². The van der Waals surface area contributed by atoms with Crippen molar-refractivity contribution in [2.75, 3.05) is 23.7 Å². The maximum absolute atomic E-state index is 6.38. The van der Waals surface area contributed by atoms with Crippen LogP contribution in [0.5, 0.6) is 0 Å². The van der Waals surface area contributed by atoms with Gasteiger partial charge in [0.2, 0.25) is 0 Å². The van der Waals surface area contributed by atoms with Crippen LogP contribution in [0.1, 0.15) is 40.5 Å². The van der Waals surface area contributed by atoms with E-state index in [0.29, 0.717) is 11.8 Å². The topological polar surface area (TPSA) is 42.2 Å². The number of nitrogen functional groups attached to an aromatic ring is 1. The molecule has 4 heteroatoms. The monoisotopic (exact) mass is 305 g/mol. The summed E-state index contributed by atoms with van der Waals surface area (Å²) in [5.74, 6) is 1.41. The number of benzene rings is 1. The van der Waals surface area contributed by atoms with Gasteiger partial charge in [-0.1, -0.05) is 27.7 Å². The molecule has 2 rings (SSSR count). The van der Waals surface area contributed by atoms with Crippen molar-refractivity contribution in [1.29, 1.82) is 0 Å². The highest BCUT2D eigenvalue weighted by atomic mass is 32.1. The maximum atomic E-state index is 6.38. The predicted molar refractivity (Wildman–Crippen MR) is 95.2 cm³/mol. The average molecular weight is 305 g/mol. The molecule has 1 heterocycles. The van der Waals surface area contributed by atoms with Crippen molar-refractivity contribution in [3.05, 3.63) is 17.6 Å². The first-order chi connectivity index (χ1) is 9.99. The first-order valence-electron chi connectivity index (χ1n) is 7.85. The van der Waals surface area contributed by atoms with E-state index in [2.05, 4.69) is 49.7 Å². The number of fused-ring (bicyclic) bond motifs is 1. The Morgan fingerprint density at radius 2 is 1.71 bits per heavy atom. The number of thiazole rings is 1. The zero-order valence-corrected chi connectivity index (χ0v) is 14.4. The van der Waals surface area contributed by atoms with Crippen molar-refractivity contribution < 1.29 is 0 Å². The molecule has 0 spiro atoms. The van der Waals surface area contributed by atoms with E-state index in [1.807, 2.05) is 5.51 Å². The number of nitrogens with zero attached hydrogens (tertiary/aromatic N) is 2. The van der Waals surface area contributed by atoms with E-state index < -0.39 is 0 Å². The van der Waals surface area contributed by atoms with Crippen LogP contribution in [0.4, 0.5) is 11.4 Å². The van der Waals surface area contributed by atoms with E-state index in [1.165, 1.54) is 17.5 Å². The van der Waals surface area contributed by atoms with Crippen LogP contribution >= 0.6 is 11.3 Å². The van der Waals surface area contributed by atoms with Gasteiger partial charge in [-0.15, -0.1) is 11.3 Å². The quantitative estimate of drug-likeness (QED) is 0.749. The largest absolute Gasteiger partial charge is 0.395 e. The summed E-state index contributed by atoms with van der Waals surface area (Å²) in [6.07, 6.45) is 2.37. The minimum atomic E-state index is 0.704. The van der Waals surface area contributed by atoms with E-state index in [0.717, 1.165) is 30.0 Å². The zero-order valence-electron chi connectivity index (χ0n) is 13.6. The molecule has 0 saturated carbocycles. The van der Waals surface area contributed by atoms with Crippen molar-refractivity contribution in [3.63, 3.8) is 0 Å². The molecular formula is C17H27N3S. The minimum absolute atomic E-state index is 0.704. The first-order valence-corrected chi connectivity index (χ1v) is 8.73. The van der Waals surface area contributed by atoms with Crippen LogP contribution in [0.15, 0.2) is 17.6 Å². The third kappa shape index (κ3) is 4.10. The molecule has 0 aliphatic heterocycles. The van der Waals surface area contributed by atoms with Crippen LogP contribution in [0.3, 0.4) is 0 Å². The zero-order chi connectivity index (χ0) is 15.4. The summed E-state index contributed by atoms with van der Waals surface area (Å²) >= 11 is 1.65. The van der Waals surface area contributed by atoms with Crippen LogP contribution in [-0.4, -0.2) is 18.1 Å². The summed E-state index contributed by atoms with van der Waals surface area (Å²) in [6, 6.07) is 4.31. The minimum Gasteiger partial charge on any atom is -0.395 e. The molecule has 0 atom stereocenters. The highest BCUT2D eigenvalue weighted by molar-refractivity contribution is 7.16. The third-order valence-corrected chi connectivity index (χ3v) is 4.61. The summed E-state index contributed by atoms with van der Waals surface area (Å²) in [7, 11) is 0. The van der Waals surface area contributed by atoms with E-state index >= 15 is 0 Å². The van der Waals surface area contributed by atoms with Gasteiger partial charge < -0.3 is 10.6 Å². The molecule has 2 aromatic rings. The second-order valence-corrected chi connectivity index (χ2v) is 7.44. The van der Waals surface area contributed by atoms with Crippen molar-refractivity contribution in [1.82, 2.24) is 4.98 Å². The molecule has 0 aliphatic carbocycles. The molecule has 0 bridgehead atoms. The molecule has 21 heavy (non-hydrogen) atoms. The first kappa shape index (κ1) is 16.1. The predicted octanol–water partition coefficient (Wildman–Crippen LogP) is 4.78. The lowest BCUT2D eigenvalue weighted by Gasteiger charge is -2.28. The molecule has 0 fully saturated rings. The van der Waals surface area contributed by atoms with E-state index in [-0.39, 0.29) is 0 Å². The SMILES string of the molecule is CC(C)CCN(CCC(C)C)c1ccc2scnc2c1N. The van der Waals surface area contributed by atoms with Gasteiger partial charge in [-0.3, -0.25) is 0 Å². The van der Waals surface area contributed by atoms with Gasteiger partial charge in [0.25, 0.3) is 0 Å². The lowest BCUT2D eigenvalue weighted by atomic mass is 10.1. The number of hydrogen-bond acceptors (Lipinski definition) is 4. The second-order valence-electron chi connectivity index (χ2n) is 6.55. The normalized spacial score (nSPS) is 11.7. The Labute approximate surface area is 132 Å². The number of nitrogens with two attached hydrogens (primary N) is 1. The van der Waals surface area contributed by atoms with Crippen LogP contribution in [0.2, 0.25) is 0 Å². The number of rotatable bonds is 7. The maximum Gasteiger partial charge on any atom is 0.106 e. The molecule has 0 unspecified atom stereocenters. The van der Waals surface area contributed by atoms with E-state index in [9.17, 15) is 0 Å². The fraction of sp³-hybridized carbons (Fsp3) is 0.588. The van der Waals surface area contributed by atoms with Crippen LogP contribution < -0.4 is 10.6 Å². The fourth-order valence-corrected chi connectivity index (χ4v) is 3.09. The Morgan fingerprint density at radius 3 is 2.29 bits per heavy atom. The number of anilines is 2. The Morgan fingerprint density at radius 1 is 1.10 bits per heavy atom. The summed E-state index contributed by atoms with van der Waals surface area (Å²) < 4.78 is 1.17. The third-order valence-electron chi connectivity index (χ3n) is 3.81. The lowest BCUT2D eigenvalue weighted by molar-refractivity contribution is 0.535. The van der Waals surface area contributed by atoms with Gasteiger partial charge >= 0.3 is 0 Å². The molecule has 0 radical (unpaired) electrons. The Kier molecular flexibility index (Phi) is 5.45. The Balaban J connectivity index is 2.25. The highest BCUT2D eigenvalue weighted by Crippen LogP contribution is 2.33. The van der Waals surface area contributed by atoms with Gasteiger partial charge in [-0.2, -0.15) is 0 Å². The van der Waals surface area contributed by atoms with Crippen molar-refractivity contribution in [2.45, 2.75) is 40.5 Å². The summed E-state index contributed by atoms with van der Waals surface area (Å²) in [5.41, 5.74) is 11.2. The van der Waals surface area contributed by atoms with Gasteiger partial charge in [0.05, 0.1) is 21.6 Å². The van der Waals surface area contributed by atoms with Crippen molar-refractivity contribution in [3.8, 4) is 0 Å². The molecule has 0 aliphatic rings. The second kappa shape index (κ2) is 7.12. The molecule has 2 N–H and O–H groups in total. The standard InChI is InChI=1S/C17H27N3S/c1-12(2)7-9-20(10-8-13(3)4)14-5-6-15-17(16(14)18)19-11-21-15/h5-6,11-13H,7-10,18H2,1-4H3. The molecule has 3 nitrogen and oxygen atoms in total. The molecule has 1 aromatic heterocycles.